The zero-order chi connectivity index (χ0) is 22.6. The van der Waals surface area contributed by atoms with Gasteiger partial charge in [-0.1, -0.05) is 0 Å². The second-order valence-electron chi connectivity index (χ2n) is 7.62. The minimum absolute atomic E-state index is 0.0446. The molecule has 0 saturated heterocycles. The van der Waals surface area contributed by atoms with Gasteiger partial charge in [0.15, 0.2) is 0 Å². The lowest BCUT2D eigenvalue weighted by molar-refractivity contribution is -0.0499. The smallest absolute Gasteiger partial charge is 0.387 e. The molecule has 1 amide bonds. The Hall–Kier alpha value is -3.53. The first-order valence-electron chi connectivity index (χ1n) is 9.80. The minimum atomic E-state index is -2.96. The molecule has 0 bridgehead atoms. The standard InChI is InChI=1S/C22H18F3N3O4/c1-28(18-9-31-19-4-10(32-22(24)25)2-3-11(18)19)21(29)13-5-12-14-7-30-8-15(14)20(26)27-17(12)6-16(13)23/h2-6,18,22H,7-9H2,1H3,(H2,26,27). The molecule has 0 spiro atoms. The number of carbonyl (C=O) groups is 1. The van der Waals surface area contributed by atoms with E-state index in [1.807, 2.05) is 0 Å². The van der Waals surface area contributed by atoms with Crippen molar-refractivity contribution in [3.05, 3.63) is 58.4 Å². The number of anilines is 1. The van der Waals surface area contributed by atoms with Crippen molar-refractivity contribution in [3.8, 4) is 11.5 Å². The first-order valence-corrected chi connectivity index (χ1v) is 9.80. The lowest BCUT2D eigenvalue weighted by Crippen LogP contribution is -2.32. The lowest BCUT2D eigenvalue weighted by Gasteiger charge is -2.24. The van der Waals surface area contributed by atoms with Crippen LogP contribution < -0.4 is 15.2 Å². The number of nitrogens with two attached hydrogens (primary N) is 1. The van der Waals surface area contributed by atoms with Gasteiger partial charge in [-0.2, -0.15) is 8.78 Å². The molecule has 10 heteroatoms. The third-order valence-electron chi connectivity index (χ3n) is 5.80. The van der Waals surface area contributed by atoms with E-state index < -0.39 is 24.4 Å². The normalized spacial score (nSPS) is 16.7. The van der Waals surface area contributed by atoms with Gasteiger partial charge in [-0.15, -0.1) is 0 Å². The number of rotatable bonds is 4. The van der Waals surface area contributed by atoms with Crippen molar-refractivity contribution in [3.63, 3.8) is 0 Å². The van der Waals surface area contributed by atoms with Crippen LogP contribution in [0.15, 0.2) is 30.3 Å². The largest absolute Gasteiger partial charge is 0.491 e. The maximum atomic E-state index is 14.9. The van der Waals surface area contributed by atoms with E-state index in [4.69, 9.17) is 15.2 Å². The second-order valence-corrected chi connectivity index (χ2v) is 7.62. The van der Waals surface area contributed by atoms with E-state index in [0.717, 1.165) is 11.1 Å². The van der Waals surface area contributed by atoms with Crippen molar-refractivity contribution in [1.82, 2.24) is 9.88 Å². The van der Waals surface area contributed by atoms with Crippen LogP contribution in [0.5, 0.6) is 11.5 Å². The number of ether oxygens (including phenoxy) is 3. The van der Waals surface area contributed by atoms with Gasteiger partial charge >= 0.3 is 6.61 Å². The van der Waals surface area contributed by atoms with E-state index in [9.17, 15) is 18.0 Å². The SMILES string of the molecule is CN(C(=O)c1cc2c3c(c(N)nc2cc1F)COC3)C1COc2cc(OC(F)F)ccc21. The summed E-state index contributed by atoms with van der Waals surface area (Å²) in [5, 5.41) is 0.613. The minimum Gasteiger partial charge on any atom is -0.491 e. The van der Waals surface area contributed by atoms with Crippen LogP contribution in [-0.4, -0.2) is 36.1 Å². The van der Waals surface area contributed by atoms with Crippen molar-refractivity contribution >= 4 is 22.6 Å². The van der Waals surface area contributed by atoms with E-state index in [-0.39, 0.29) is 23.7 Å². The van der Waals surface area contributed by atoms with Crippen LogP contribution in [0.3, 0.4) is 0 Å². The van der Waals surface area contributed by atoms with E-state index in [0.29, 0.717) is 35.4 Å². The number of nitrogen functional groups attached to an aromatic ring is 1. The van der Waals surface area contributed by atoms with Gasteiger partial charge in [-0.05, 0) is 23.8 Å². The van der Waals surface area contributed by atoms with Gasteiger partial charge in [0, 0.05) is 35.7 Å². The fourth-order valence-corrected chi connectivity index (χ4v) is 4.16. The average molecular weight is 445 g/mol. The molecule has 2 N–H and O–H groups in total. The molecule has 0 saturated carbocycles. The van der Waals surface area contributed by atoms with Crippen LogP contribution in [0.2, 0.25) is 0 Å². The fraction of sp³-hybridized carbons (Fsp3) is 0.273. The molecule has 3 aromatic rings. The third kappa shape index (κ3) is 3.27. The summed E-state index contributed by atoms with van der Waals surface area (Å²) in [6.07, 6.45) is 0. The zero-order valence-electron chi connectivity index (χ0n) is 16.9. The number of amides is 1. The number of hydrogen-bond donors (Lipinski definition) is 1. The molecule has 1 aromatic heterocycles. The quantitative estimate of drug-likeness (QED) is 0.658. The van der Waals surface area contributed by atoms with Gasteiger partial charge < -0.3 is 24.8 Å². The Kier molecular flexibility index (Phi) is 4.81. The molecule has 0 fully saturated rings. The molecule has 2 aromatic carbocycles. The molecular formula is C22H18F3N3O4. The number of aromatic nitrogens is 1. The Balaban J connectivity index is 1.48. The van der Waals surface area contributed by atoms with E-state index in [1.54, 1.807) is 6.07 Å². The van der Waals surface area contributed by atoms with Crippen molar-refractivity contribution in [2.75, 3.05) is 19.4 Å². The predicted octanol–water partition coefficient (Wildman–Crippen LogP) is 3.79. The van der Waals surface area contributed by atoms with Crippen LogP contribution in [-0.2, 0) is 18.0 Å². The van der Waals surface area contributed by atoms with Gasteiger partial charge in [0.05, 0.1) is 30.3 Å². The number of fused-ring (bicyclic) bond motifs is 4. The van der Waals surface area contributed by atoms with Crippen molar-refractivity contribution in [2.45, 2.75) is 25.9 Å². The van der Waals surface area contributed by atoms with Crippen LogP contribution in [0, 0.1) is 5.82 Å². The molecule has 0 aliphatic carbocycles. The summed E-state index contributed by atoms with van der Waals surface area (Å²) in [6, 6.07) is 6.42. The Morgan fingerprint density at radius 3 is 2.81 bits per heavy atom. The van der Waals surface area contributed by atoms with Gasteiger partial charge in [0.25, 0.3) is 5.91 Å². The fourth-order valence-electron chi connectivity index (χ4n) is 4.16. The molecule has 166 valence electrons. The van der Waals surface area contributed by atoms with E-state index >= 15 is 0 Å². The molecule has 1 atom stereocenters. The number of hydrogen-bond acceptors (Lipinski definition) is 6. The maximum Gasteiger partial charge on any atom is 0.387 e. The first-order chi connectivity index (χ1) is 15.3. The predicted molar refractivity (Wildman–Crippen MR) is 108 cm³/mol. The number of alkyl halides is 2. The lowest BCUT2D eigenvalue weighted by atomic mass is 10.0. The molecule has 3 heterocycles. The summed E-state index contributed by atoms with van der Waals surface area (Å²) in [7, 11) is 1.54. The topological polar surface area (TPSA) is 86.9 Å². The zero-order valence-corrected chi connectivity index (χ0v) is 16.9. The Labute approximate surface area is 180 Å². The molecule has 5 rings (SSSR count). The van der Waals surface area contributed by atoms with Gasteiger partial charge in [-0.3, -0.25) is 4.79 Å². The van der Waals surface area contributed by atoms with Crippen molar-refractivity contribution in [1.29, 1.82) is 0 Å². The molecule has 2 aliphatic heterocycles. The van der Waals surface area contributed by atoms with Crippen molar-refractivity contribution in [2.24, 2.45) is 0 Å². The number of benzene rings is 2. The molecule has 7 nitrogen and oxygen atoms in total. The monoisotopic (exact) mass is 445 g/mol. The maximum absolute atomic E-state index is 14.9. The van der Waals surface area contributed by atoms with Crippen LogP contribution in [0.25, 0.3) is 10.9 Å². The number of carbonyl (C=O) groups excluding carboxylic acids is 1. The summed E-state index contributed by atoms with van der Waals surface area (Å²) in [6.45, 7) is -2.23. The number of pyridine rings is 1. The van der Waals surface area contributed by atoms with Crippen molar-refractivity contribution < 1.29 is 32.2 Å². The second kappa shape index (κ2) is 7.56. The summed E-state index contributed by atoms with van der Waals surface area (Å²) in [5.74, 6) is -0.697. The van der Waals surface area contributed by atoms with Gasteiger partial charge in [0.1, 0.15) is 29.7 Å². The molecule has 0 radical (unpaired) electrons. The Bertz CT molecular complexity index is 1250. The van der Waals surface area contributed by atoms with Crippen LogP contribution in [0.4, 0.5) is 19.0 Å². The summed E-state index contributed by atoms with van der Waals surface area (Å²) < 4.78 is 55.2. The molecule has 32 heavy (non-hydrogen) atoms. The van der Waals surface area contributed by atoms with Crippen LogP contribution >= 0.6 is 0 Å². The summed E-state index contributed by atoms with van der Waals surface area (Å²) in [4.78, 5) is 18.8. The van der Waals surface area contributed by atoms with Gasteiger partial charge in [0.2, 0.25) is 0 Å². The Morgan fingerprint density at radius 2 is 2.03 bits per heavy atom. The third-order valence-corrected chi connectivity index (χ3v) is 5.80. The van der Waals surface area contributed by atoms with E-state index in [1.165, 1.54) is 36.2 Å². The number of likely N-dealkylation sites (N-methyl/N-ethyl adjacent to an activating group) is 1. The highest BCUT2D eigenvalue weighted by molar-refractivity contribution is 5.99. The number of nitrogens with zero attached hydrogens (tertiary/aromatic N) is 2. The molecular weight excluding hydrogens is 427 g/mol. The van der Waals surface area contributed by atoms with Gasteiger partial charge in [-0.25, -0.2) is 9.37 Å². The summed E-state index contributed by atoms with van der Waals surface area (Å²) in [5.41, 5.74) is 8.34. The Morgan fingerprint density at radius 1 is 1.25 bits per heavy atom. The molecule has 1 unspecified atom stereocenters. The first kappa shape index (κ1) is 20.4. The number of halogens is 3. The summed E-state index contributed by atoms with van der Waals surface area (Å²) >= 11 is 0. The highest BCUT2D eigenvalue weighted by Crippen LogP contribution is 2.39. The average Bonchev–Trinajstić information content (AvgIpc) is 3.39. The van der Waals surface area contributed by atoms with Crippen LogP contribution in [0.1, 0.15) is 33.1 Å². The van der Waals surface area contributed by atoms with E-state index in [2.05, 4.69) is 9.72 Å². The highest BCUT2D eigenvalue weighted by atomic mass is 19.3. The highest BCUT2D eigenvalue weighted by Gasteiger charge is 2.33. The molecule has 2 aliphatic rings.